The molecule has 0 fully saturated rings. The summed E-state index contributed by atoms with van der Waals surface area (Å²) in [4.78, 5) is 12.5. The average Bonchev–Trinajstić information content (AvgIpc) is 2.78. The van der Waals surface area contributed by atoms with Gasteiger partial charge >= 0.3 is 6.09 Å². The van der Waals surface area contributed by atoms with Gasteiger partial charge in [0.1, 0.15) is 5.75 Å². The maximum absolute atomic E-state index is 11.3. The number of nitrogens with zero attached hydrogens (tertiary/aromatic N) is 1. The third-order valence-electron chi connectivity index (χ3n) is 3.56. The van der Waals surface area contributed by atoms with E-state index in [1.807, 2.05) is 24.3 Å². The van der Waals surface area contributed by atoms with Crippen molar-refractivity contribution in [1.29, 1.82) is 0 Å². The second-order valence-corrected chi connectivity index (χ2v) is 4.93. The molecule has 19 heavy (non-hydrogen) atoms. The second-order valence-electron chi connectivity index (χ2n) is 4.62. The molecule has 4 nitrogen and oxygen atoms in total. The number of anilines is 1. The molecule has 3 rings (SSSR count). The first-order chi connectivity index (χ1) is 9.13. The summed E-state index contributed by atoms with van der Waals surface area (Å²) in [6, 6.07) is 8.93. The number of carboxylic acid groups (broad SMARTS) is 1. The molecule has 0 aromatic heterocycles. The van der Waals surface area contributed by atoms with E-state index in [2.05, 4.69) is 0 Å². The monoisotopic (exact) mass is 277 g/mol. The van der Waals surface area contributed by atoms with E-state index < -0.39 is 6.09 Å². The number of amides is 1. The molecule has 1 aliphatic rings. The van der Waals surface area contributed by atoms with Gasteiger partial charge in [0.25, 0.3) is 0 Å². The molecule has 1 aliphatic heterocycles. The summed E-state index contributed by atoms with van der Waals surface area (Å²) in [7, 11) is 0. The van der Waals surface area contributed by atoms with Gasteiger partial charge in [0, 0.05) is 29.8 Å². The molecule has 0 unspecified atom stereocenters. The standard InChI is InChI=1S/C14H12ClNO3/c15-6-8-7-16(14(18)19)11-5-12(17)9-3-1-2-4-10(9)13(8)11/h1-5,8,17H,6-7H2,(H,18,19)/t8-/m0/s1. The first-order valence-corrected chi connectivity index (χ1v) is 6.48. The van der Waals surface area contributed by atoms with Crippen LogP contribution in [0.1, 0.15) is 11.5 Å². The van der Waals surface area contributed by atoms with Gasteiger partial charge in [-0.15, -0.1) is 11.6 Å². The maximum Gasteiger partial charge on any atom is 0.411 e. The topological polar surface area (TPSA) is 60.8 Å². The van der Waals surface area contributed by atoms with E-state index >= 15 is 0 Å². The number of carbonyl (C=O) groups is 1. The summed E-state index contributed by atoms with van der Waals surface area (Å²) in [5.41, 5.74) is 1.44. The van der Waals surface area contributed by atoms with Crippen molar-refractivity contribution in [2.24, 2.45) is 0 Å². The lowest BCUT2D eigenvalue weighted by molar-refractivity contribution is 0.202. The van der Waals surface area contributed by atoms with Crippen molar-refractivity contribution in [3.05, 3.63) is 35.9 Å². The van der Waals surface area contributed by atoms with Crippen LogP contribution in [0.3, 0.4) is 0 Å². The van der Waals surface area contributed by atoms with Crippen molar-refractivity contribution in [3.63, 3.8) is 0 Å². The Bertz CT molecular complexity index is 671. The Morgan fingerprint density at radius 1 is 1.37 bits per heavy atom. The van der Waals surface area contributed by atoms with Gasteiger partial charge in [-0.05, 0) is 10.9 Å². The Hall–Kier alpha value is -1.94. The van der Waals surface area contributed by atoms with Crippen molar-refractivity contribution in [3.8, 4) is 5.75 Å². The number of hydrogen-bond donors (Lipinski definition) is 2. The van der Waals surface area contributed by atoms with Crippen LogP contribution in [0.4, 0.5) is 10.5 Å². The van der Waals surface area contributed by atoms with E-state index in [4.69, 9.17) is 11.6 Å². The van der Waals surface area contributed by atoms with Gasteiger partial charge in [-0.2, -0.15) is 0 Å². The van der Waals surface area contributed by atoms with Crippen molar-refractivity contribution in [1.82, 2.24) is 0 Å². The lowest BCUT2D eigenvalue weighted by Crippen LogP contribution is -2.28. The molecule has 0 saturated heterocycles. The number of phenolic OH excluding ortho intramolecular Hbond substituents is 1. The van der Waals surface area contributed by atoms with E-state index in [1.165, 1.54) is 11.0 Å². The van der Waals surface area contributed by atoms with Crippen LogP contribution in [0, 0.1) is 0 Å². The van der Waals surface area contributed by atoms with E-state index in [9.17, 15) is 15.0 Å². The van der Waals surface area contributed by atoms with Crippen molar-refractivity contribution in [2.45, 2.75) is 5.92 Å². The SMILES string of the molecule is O=C(O)N1C[C@H](CCl)c2c1cc(O)c1ccccc21. The summed E-state index contributed by atoms with van der Waals surface area (Å²) in [6.45, 7) is 0.335. The predicted molar refractivity (Wildman–Crippen MR) is 74.4 cm³/mol. The van der Waals surface area contributed by atoms with E-state index in [0.29, 0.717) is 18.1 Å². The Morgan fingerprint density at radius 2 is 2.05 bits per heavy atom. The number of fused-ring (bicyclic) bond motifs is 3. The number of rotatable bonds is 1. The van der Waals surface area contributed by atoms with Crippen LogP contribution in [-0.2, 0) is 0 Å². The van der Waals surface area contributed by atoms with Gasteiger partial charge < -0.3 is 10.2 Å². The van der Waals surface area contributed by atoms with Gasteiger partial charge in [0.2, 0.25) is 0 Å². The molecule has 1 amide bonds. The Balaban J connectivity index is 2.34. The van der Waals surface area contributed by atoms with Crippen LogP contribution < -0.4 is 4.90 Å². The minimum atomic E-state index is -1.02. The molecule has 1 heterocycles. The smallest absolute Gasteiger partial charge is 0.411 e. The van der Waals surface area contributed by atoms with E-state index in [-0.39, 0.29) is 11.7 Å². The number of phenols is 1. The number of benzene rings is 2. The van der Waals surface area contributed by atoms with Crippen molar-refractivity contribution in [2.75, 3.05) is 17.3 Å². The van der Waals surface area contributed by atoms with Crippen LogP contribution >= 0.6 is 11.6 Å². The van der Waals surface area contributed by atoms with Crippen LogP contribution in [0.5, 0.6) is 5.75 Å². The summed E-state index contributed by atoms with van der Waals surface area (Å²) in [5.74, 6) is 0.403. The number of aromatic hydroxyl groups is 1. The van der Waals surface area contributed by atoms with Gasteiger partial charge in [0.05, 0.1) is 5.69 Å². The van der Waals surface area contributed by atoms with Crippen molar-refractivity contribution < 1.29 is 15.0 Å². The lowest BCUT2D eigenvalue weighted by Gasteiger charge is -2.14. The molecule has 1 atom stereocenters. The highest BCUT2D eigenvalue weighted by molar-refractivity contribution is 6.19. The van der Waals surface area contributed by atoms with Gasteiger partial charge in [-0.1, -0.05) is 24.3 Å². The zero-order valence-corrected chi connectivity index (χ0v) is 10.8. The Labute approximate surface area is 114 Å². The van der Waals surface area contributed by atoms with Gasteiger partial charge in [-0.3, -0.25) is 4.90 Å². The normalized spacial score (nSPS) is 17.7. The number of hydrogen-bond acceptors (Lipinski definition) is 2. The molecular formula is C14H12ClNO3. The highest BCUT2D eigenvalue weighted by atomic mass is 35.5. The molecule has 5 heteroatoms. The summed E-state index contributed by atoms with van der Waals surface area (Å²) in [6.07, 6.45) is -1.02. The minimum absolute atomic E-state index is 0.0433. The molecule has 0 bridgehead atoms. The fourth-order valence-corrected chi connectivity index (χ4v) is 2.99. The van der Waals surface area contributed by atoms with Gasteiger partial charge in [-0.25, -0.2) is 4.79 Å². The molecule has 2 aromatic rings. The predicted octanol–water partition coefficient (Wildman–Crippen LogP) is 3.37. The molecule has 0 aliphatic carbocycles. The highest BCUT2D eigenvalue weighted by Crippen LogP contribution is 2.44. The highest BCUT2D eigenvalue weighted by Gasteiger charge is 2.34. The largest absolute Gasteiger partial charge is 0.507 e. The van der Waals surface area contributed by atoms with Crippen LogP contribution in [0.15, 0.2) is 30.3 Å². The van der Waals surface area contributed by atoms with Crippen LogP contribution in [0.2, 0.25) is 0 Å². The summed E-state index contributed by atoms with van der Waals surface area (Å²) < 4.78 is 0. The fraction of sp³-hybridized carbons (Fsp3) is 0.214. The maximum atomic E-state index is 11.3. The third-order valence-corrected chi connectivity index (χ3v) is 3.93. The first-order valence-electron chi connectivity index (χ1n) is 5.94. The van der Waals surface area contributed by atoms with Crippen molar-refractivity contribution >= 4 is 34.2 Å². The summed E-state index contributed by atoms with van der Waals surface area (Å²) >= 11 is 5.96. The lowest BCUT2D eigenvalue weighted by atomic mass is 9.95. The van der Waals surface area contributed by atoms with Gasteiger partial charge in [0.15, 0.2) is 0 Å². The Kier molecular flexibility index (Phi) is 2.75. The van der Waals surface area contributed by atoms with E-state index in [0.717, 1.165) is 16.3 Å². The minimum Gasteiger partial charge on any atom is -0.507 e. The quantitative estimate of drug-likeness (QED) is 0.786. The molecule has 2 aromatic carbocycles. The molecule has 0 spiro atoms. The van der Waals surface area contributed by atoms with Crippen LogP contribution in [0.25, 0.3) is 10.8 Å². The van der Waals surface area contributed by atoms with Crippen LogP contribution in [-0.4, -0.2) is 28.7 Å². The Morgan fingerprint density at radius 3 is 2.68 bits per heavy atom. The molecule has 2 N–H and O–H groups in total. The first kappa shape index (κ1) is 12.1. The number of halogens is 1. The second kappa shape index (κ2) is 4.31. The molecule has 0 saturated carbocycles. The molecular weight excluding hydrogens is 266 g/mol. The third kappa shape index (κ3) is 1.71. The fourth-order valence-electron chi connectivity index (χ4n) is 2.73. The van der Waals surface area contributed by atoms with E-state index in [1.54, 1.807) is 0 Å². The average molecular weight is 278 g/mol. The molecule has 98 valence electrons. The summed E-state index contributed by atoms with van der Waals surface area (Å²) in [5, 5.41) is 20.9. The zero-order chi connectivity index (χ0) is 13.6. The zero-order valence-electron chi connectivity index (χ0n) is 10.0. The number of alkyl halides is 1. The molecule has 0 radical (unpaired) electrons.